The minimum Gasteiger partial charge on any atom is -0.454 e. The lowest BCUT2D eigenvalue weighted by Gasteiger charge is -2.05. The van der Waals surface area contributed by atoms with Gasteiger partial charge in [0.15, 0.2) is 11.5 Å². The van der Waals surface area contributed by atoms with Crippen LogP contribution in [0.4, 0.5) is 5.69 Å². The van der Waals surface area contributed by atoms with Gasteiger partial charge in [-0.3, -0.25) is 9.48 Å². The van der Waals surface area contributed by atoms with Crippen LogP contribution in [0.25, 0.3) is 6.08 Å². The molecule has 1 aromatic carbocycles. The first kappa shape index (κ1) is 13.7. The first-order chi connectivity index (χ1) is 10.7. The van der Waals surface area contributed by atoms with E-state index in [0.717, 1.165) is 0 Å². The van der Waals surface area contributed by atoms with Crippen molar-refractivity contribution in [3.63, 3.8) is 0 Å². The summed E-state index contributed by atoms with van der Waals surface area (Å²) >= 11 is 0. The first-order valence-corrected chi connectivity index (χ1v) is 6.48. The Morgan fingerprint density at radius 1 is 1.41 bits per heavy atom. The number of anilines is 1. The van der Waals surface area contributed by atoms with E-state index in [0.29, 0.717) is 22.9 Å². The maximum Gasteiger partial charge on any atom is 0.266 e. The molecule has 0 atom stereocenters. The van der Waals surface area contributed by atoms with E-state index in [1.807, 2.05) is 6.07 Å². The summed E-state index contributed by atoms with van der Waals surface area (Å²) in [5.41, 5.74) is 1.18. The maximum atomic E-state index is 12.2. The van der Waals surface area contributed by atoms with E-state index >= 15 is 0 Å². The summed E-state index contributed by atoms with van der Waals surface area (Å²) in [4.78, 5) is 12.2. The zero-order valence-electron chi connectivity index (χ0n) is 11.7. The van der Waals surface area contributed by atoms with Gasteiger partial charge in [-0.2, -0.15) is 10.4 Å². The number of aryl methyl sites for hydroxylation is 1. The SMILES string of the molecule is Cn1nccc1/C=C(\C#N)C(=O)Nc1ccc2c(c1)OCO2. The highest BCUT2D eigenvalue weighted by Gasteiger charge is 2.15. The van der Waals surface area contributed by atoms with Crippen molar-refractivity contribution in [2.45, 2.75) is 0 Å². The number of amides is 1. The predicted octanol–water partition coefficient (Wildman–Crippen LogP) is 1.69. The van der Waals surface area contributed by atoms with Crippen LogP contribution in [0.2, 0.25) is 0 Å². The molecule has 1 aromatic heterocycles. The van der Waals surface area contributed by atoms with Crippen LogP contribution in [0.3, 0.4) is 0 Å². The number of carbonyl (C=O) groups is 1. The predicted molar refractivity (Wildman–Crippen MR) is 78.0 cm³/mol. The van der Waals surface area contributed by atoms with Crippen LogP contribution >= 0.6 is 0 Å². The summed E-state index contributed by atoms with van der Waals surface area (Å²) in [6, 6.07) is 8.65. The van der Waals surface area contributed by atoms with E-state index < -0.39 is 5.91 Å². The number of hydrogen-bond donors (Lipinski definition) is 1. The van der Waals surface area contributed by atoms with Crippen LogP contribution in [0.5, 0.6) is 11.5 Å². The number of carbonyl (C=O) groups excluding carboxylic acids is 1. The quantitative estimate of drug-likeness (QED) is 0.687. The number of rotatable bonds is 3. The van der Waals surface area contributed by atoms with Gasteiger partial charge in [-0.15, -0.1) is 0 Å². The molecule has 0 saturated heterocycles. The molecule has 7 nitrogen and oxygen atoms in total. The average Bonchev–Trinajstić information content (AvgIpc) is 3.13. The molecule has 0 unspecified atom stereocenters. The summed E-state index contributed by atoms with van der Waals surface area (Å²) in [5.74, 6) is 0.693. The third kappa shape index (κ3) is 2.62. The zero-order valence-corrected chi connectivity index (χ0v) is 11.7. The molecule has 3 rings (SSSR count). The van der Waals surface area contributed by atoms with Gasteiger partial charge in [0, 0.05) is 25.0 Å². The molecule has 1 aliphatic heterocycles. The van der Waals surface area contributed by atoms with E-state index in [4.69, 9.17) is 14.7 Å². The Morgan fingerprint density at radius 2 is 2.23 bits per heavy atom. The minimum absolute atomic E-state index is 0.0127. The fourth-order valence-electron chi connectivity index (χ4n) is 1.99. The summed E-state index contributed by atoms with van der Waals surface area (Å²) in [6.45, 7) is 0.163. The molecule has 1 amide bonds. The van der Waals surface area contributed by atoms with Gasteiger partial charge in [0.1, 0.15) is 11.6 Å². The molecule has 0 spiro atoms. The van der Waals surface area contributed by atoms with Gasteiger partial charge in [-0.25, -0.2) is 0 Å². The first-order valence-electron chi connectivity index (χ1n) is 6.48. The normalized spacial score (nSPS) is 12.8. The number of nitrogens with one attached hydrogen (secondary N) is 1. The van der Waals surface area contributed by atoms with Crippen LogP contribution in [0.1, 0.15) is 5.69 Å². The molecule has 7 heteroatoms. The number of hydrogen-bond acceptors (Lipinski definition) is 5. The number of nitrogens with zero attached hydrogens (tertiary/aromatic N) is 3. The van der Waals surface area contributed by atoms with Crippen LogP contribution in [-0.4, -0.2) is 22.5 Å². The molecular weight excluding hydrogens is 284 g/mol. The van der Waals surface area contributed by atoms with E-state index in [1.54, 1.807) is 42.2 Å². The lowest BCUT2D eigenvalue weighted by atomic mass is 10.2. The lowest BCUT2D eigenvalue weighted by Crippen LogP contribution is -2.13. The second-order valence-electron chi connectivity index (χ2n) is 4.57. The van der Waals surface area contributed by atoms with Crippen LogP contribution in [0, 0.1) is 11.3 Å². The Bertz CT molecular complexity index is 801. The van der Waals surface area contributed by atoms with Crippen molar-refractivity contribution in [3.05, 3.63) is 41.7 Å². The summed E-state index contributed by atoms with van der Waals surface area (Å²) in [7, 11) is 1.73. The highest BCUT2D eigenvalue weighted by Crippen LogP contribution is 2.34. The minimum atomic E-state index is -0.498. The highest BCUT2D eigenvalue weighted by molar-refractivity contribution is 6.09. The number of ether oxygens (including phenoxy) is 2. The van der Waals surface area contributed by atoms with Crippen LogP contribution in [0.15, 0.2) is 36.0 Å². The number of fused-ring (bicyclic) bond motifs is 1. The Labute approximate surface area is 126 Å². The molecular formula is C15H12N4O3. The van der Waals surface area contributed by atoms with Gasteiger partial charge in [0.25, 0.3) is 5.91 Å². The zero-order chi connectivity index (χ0) is 15.5. The van der Waals surface area contributed by atoms with Crippen molar-refractivity contribution in [2.75, 3.05) is 12.1 Å². The standard InChI is InChI=1S/C15H12N4O3/c1-19-12(4-5-17-19)6-10(8-16)15(20)18-11-2-3-13-14(7-11)22-9-21-13/h2-7H,9H2,1H3,(H,18,20)/b10-6+. The van der Waals surface area contributed by atoms with E-state index in [-0.39, 0.29) is 12.4 Å². The fourth-order valence-corrected chi connectivity index (χ4v) is 1.99. The molecule has 0 saturated carbocycles. The Hall–Kier alpha value is -3.27. The lowest BCUT2D eigenvalue weighted by molar-refractivity contribution is -0.112. The van der Waals surface area contributed by atoms with E-state index in [1.165, 1.54) is 6.08 Å². The smallest absolute Gasteiger partial charge is 0.266 e. The van der Waals surface area contributed by atoms with Crippen molar-refractivity contribution in [2.24, 2.45) is 7.05 Å². The van der Waals surface area contributed by atoms with Crippen molar-refractivity contribution in [3.8, 4) is 17.6 Å². The third-order valence-corrected chi connectivity index (χ3v) is 3.15. The molecule has 1 aliphatic rings. The van der Waals surface area contributed by atoms with Gasteiger partial charge in [-0.05, 0) is 24.3 Å². The second kappa shape index (κ2) is 5.61. The molecule has 0 aliphatic carbocycles. The fraction of sp³-hybridized carbons (Fsp3) is 0.133. The molecule has 2 heterocycles. The summed E-state index contributed by atoms with van der Waals surface area (Å²) < 4.78 is 12.0. The number of aromatic nitrogens is 2. The topological polar surface area (TPSA) is 89.2 Å². The van der Waals surface area contributed by atoms with Crippen molar-refractivity contribution in [1.29, 1.82) is 5.26 Å². The average molecular weight is 296 g/mol. The van der Waals surface area contributed by atoms with Crippen molar-refractivity contribution < 1.29 is 14.3 Å². The van der Waals surface area contributed by atoms with Crippen LogP contribution < -0.4 is 14.8 Å². The van der Waals surface area contributed by atoms with Crippen molar-refractivity contribution in [1.82, 2.24) is 9.78 Å². The molecule has 110 valence electrons. The molecule has 0 fully saturated rings. The monoisotopic (exact) mass is 296 g/mol. The van der Waals surface area contributed by atoms with Crippen LogP contribution in [-0.2, 0) is 11.8 Å². The molecule has 22 heavy (non-hydrogen) atoms. The van der Waals surface area contributed by atoms with Crippen molar-refractivity contribution >= 4 is 17.7 Å². The largest absolute Gasteiger partial charge is 0.454 e. The maximum absolute atomic E-state index is 12.2. The third-order valence-electron chi connectivity index (χ3n) is 3.15. The molecule has 0 bridgehead atoms. The second-order valence-corrected chi connectivity index (χ2v) is 4.57. The number of nitriles is 1. The molecule has 0 radical (unpaired) electrons. The van der Waals surface area contributed by atoms with E-state index in [9.17, 15) is 4.79 Å². The van der Waals surface area contributed by atoms with Gasteiger partial charge >= 0.3 is 0 Å². The Balaban J connectivity index is 1.80. The molecule has 2 aromatic rings. The van der Waals surface area contributed by atoms with Gasteiger partial charge in [-0.1, -0.05) is 0 Å². The van der Waals surface area contributed by atoms with E-state index in [2.05, 4.69) is 10.4 Å². The molecule has 1 N–H and O–H groups in total. The Morgan fingerprint density at radius 3 is 2.95 bits per heavy atom. The number of benzene rings is 1. The summed E-state index contributed by atoms with van der Waals surface area (Å²) in [6.07, 6.45) is 3.08. The highest BCUT2D eigenvalue weighted by atomic mass is 16.7. The van der Waals surface area contributed by atoms with Gasteiger partial charge < -0.3 is 14.8 Å². The van der Waals surface area contributed by atoms with Gasteiger partial charge in [0.2, 0.25) is 6.79 Å². The van der Waals surface area contributed by atoms with Gasteiger partial charge in [0.05, 0.1) is 5.69 Å². The Kier molecular flexibility index (Phi) is 3.50. The summed E-state index contributed by atoms with van der Waals surface area (Å²) in [5, 5.41) is 15.8.